The van der Waals surface area contributed by atoms with E-state index in [0.29, 0.717) is 29.5 Å². The van der Waals surface area contributed by atoms with Crippen LogP contribution in [0, 0.1) is 11.3 Å². The second-order valence-electron chi connectivity index (χ2n) is 8.34. The van der Waals surface area contributed by atoms with E-state index in [9.17, 15) is 8.42 Å². The van der Waals surface area contributed by atoms with Crippen molar-refractivity contribution in [2.45, 2.75) is 71.8 Å². The summed E-state index contributed by atoms with van der Waals surface area (Å²) in [5.41, 5.74) is 0.304. The van der Waals surface area contributed by atoms with E-state index < -0.39 is 9.84 Å². The van der Waals surface area contributed by atoms with Gasteiger partial charge in [0.2, 0.25) is 0 Å². The van der Waals surface area contributed by atoms with Gasteiger partial charge in [-0.25, -0.2) is 8.42 Å². The van der Waals surface area contributed by atoms with Crippen LogP contribution in [0.15, 0.2) is 4.99 Å². The molecule has 0 amide bonds. The summed E-state index contributed by atoms with van der Waals surface area (Å²) in [6.45, 7) is 8.10. The Labute approximate surface area is 171 Å². The summed E-state index contributed by atoms with van der Waals surface area (Å²) >= 11 is 0. The third-order valence-corrected chi connectivity index (χ3v) is 7.08. The smallest absolute Gasteiger partial charge is 0.191 e. The Hall–Kier alpha value is -0.0500. The fraction of sp³-hybridized carbons (Fsp3) is 0.944. The van der Waals surface area contributed by atoms with Crippen LogP contribution in [-0.2, 0) is 9.84 Å². The minimum atomic E-state index is -2.81. The van der Waals surface area contributed by atoms with Gasteiger partial charge in [0.1, 0.15) is 0 Å². The van der Waals surface area contributed by atoms with E-state index in [1.54, 1.807) is 0 Å². The minimum absolute atomic E-state index is 0. The number of guanidine groups is 1. The van der Waals surface area contributed by atoms with Gasteiger partial charge in [-0.2, -0.15) is 0 Å². The predicted molar refractivity (Wildman–Crippen MR) is 117 cm³/mol. The summed E-state index contributed by atoms with van der Waals surface area (Å²) in [5, 5.41) is 6.76. The first-order chi connectivity index (χ1) is 11.3. The Bertz CT molecular complexity index is 526. The largest absolute Gasteiger partial charge is 0.356 e. The topological polar surface area (TPSA) is 70.6 Å². The fourth-order valence-electron chi connectivity index (χ4n) is 3.71. The monoisotopic (exact) mass is 485 g/mol. The quantitative estimate of drug-likeness (QED) is 0.271. The zero-order chi connectivity index (χ0) is 17.6. The number of rotatable bonds is 5. The van der Waals surface area contributed by atoms with Gasteiger partial charge >= 0.3 is 0 Å². The Morgan fingerprint density at radius 3 is 2.36 bits per heavy atom. The number of hydrogen-bond donors (Lipinski definition) is 2. The molecule has 0 aromatic heterocycles. The Morgan fingerprint density at radius 2 is 1.84 bits per heavy atom. The maximum Gasteiger partial charge on any atom is 0.191 e. The Balaban J connectivity index is 0.00000312. The summed E-state index contributed by atoms with van der Waals surface area (Å²) in [6, 6.07) is 0.311. The first-order valence-corrected chi connectivity index (χ1v) is 11.4. The van der Waals surface area contributed by atoms with Crippen LogP contribution < -0.4 is 10.6 Å². The third kappa shape index (κ3) is 8.45. The van der Waals surface area contributed by atoms with Gasteiger partial charge in [-0.05, 0) is 44.4 Å². The maximum absolute atomic E-state index is 11.6. The molecule has 148 valence electrons. The molecule has 1 unspecified atom stereocenters. The van der Waals surface area contributed by atoms with Crippen molar-refractivity contribution in [1.29, 1.82) is 0 Å². The van der Waals surface area contributed by atoms with Crippen LogP contribution >= 0.6 is 24.0 Å². The van der Waals surface area contributed by atoms with Crippen molar-refractivity contribution >= 4 is 39.8 Å². The molecule has 1 atom stereocenters. The standard InChI is InChI=1S/C18H35N3O2S.HI/c1-15(2)21-17(19-12-16-8-11-24(22,23)13-16)20-14-18(3)9-6-4-5-7-10-18;/h15-16H,4-14H2,1-3H3,(H2,19,20,21);1H. The van der Waals surface area contributed by atoms with E-state index in [2.05, 4.69) is 31.4 Å². The van der Waals surface area contributed by atoms with Crippen molar-refractivity contribution in [3.8, 4) is 0 Å². The van der Waals surface area contributed by atoms with Gasteiger partial charge in [0.15, 0.2) is 15.8 Å². The van der Waals surface area contributed by atoms with Crippen molar-refractivity contribution in [2.75, 3.05) is 24.6 Å². The number of nitrogens with one attached hydrogen (secondary N) is 2. The normalized spacial score (nSPS) is 25.9. The van der Waals surface area contributed by atoms with Gasteiger partial charge in [-0.1, -0.05) is 32.6 Å². The van der Waals surface area contributed by atoms with Crippen LogP contribution in [0.25, 0.3) is 0 Å². The van der Waals surface area contributed by atoms with Gasteiger partial charge in [0, 0.05) is 19.1 Å². The molecule has 0 aromatic carbocycles. The van der Waals surface area contributed by atoms with E-state index in [0.717, 1.165) is 18.9 Å². The van der Waals surface area contributed by atoms with Crippen LogP contribution in [0.5, 0.6) is 0 Å². The summed E-state index contributed by atoms with van der Waals surface area (Å²) in [7, 11) is -2.81. The fourth-order valence-corrected chi connectivity index (χ4v) is 5.57. The first-order valence-electron chi connectivity index (χ1n) is 9.53. The number of aliphatic imine (C=N–C) groups is 1. The molecule has 0 aromatic rings. The molecule has 1 saturated heterocycles. The summed E-state index contributed by atoms with van der Waals surface area (Å²) in [6.07, 6.45) is 8.61. The molecule has 2 rings (SSSR count). The zero-order valence-corrected chi connectivity index (χ0v) is 19.2. The van der Waals surface area contributed by atoms with Crippen LogP contribution in [0.4, 0.5) is 0 Å². The second kappa shape index (κ2) is 10.3. The maximum atomic E-state index is 11.6. The molecule has 1 aliphatic carbocycles. The molecule has 1 heterocycles. The van der Waals surface area contributed by atoms with Crippen molar-refractivity contribution < 1.29 is 8.42 Å². The lowest BCUT2D eigenvalue weighted by molar-refractivity contribution is 0.289. The summed E-state index contributed by atoms with van der Waals surface area (Å²) in [4.78, 5) is 4.84. The van der Waals surface area contributed by atoms with Gasteiger partial charge in [-0.3, -0.25) is 4.99 Å². The number of nitrogens with zero attached hydrogens (tertiary/aromatic N) is 1. The van der Waals surface area contributed by atoms with E-state index in [4.69, 9.17) is 4.99 Å². The molecular weight excluding hydrogens is 449 g/mol. The number of hydrogen-bond acceptors (Lipinski definition) is 3. The van der Waals surface area contributed by atoms with Crippen molar-refractivity contribution in [3.05, 3.63) is 0 Å². The van der Waals surface area contributed by atoms with Crippen LogP contribution in [0.2, 0.25) is 0 Å². The lowest BCUT2D eigenvalue weighted by Gasteiger charge is -2.27. The Kier molecular flexibility index (Phi) is 9.50. The van der Waals surface area contributed by atoms with E-state index >= 15 is 0 Å². The van der Waals surface area contributed by atoms with E-state index in [-0.39, 0.29) is 29.9 Å². The second-order valence-corrected chi connectivity index (χ2v) is 10.6. The molecule has 1 aliphatic heterocycles. The van der Waals surface area contributed by atoms with E-state index in [1.807, 2.05) is 0 Å². The first kappa shape index (κ1) is 23.0. The molecule has 0 bridgehead atoms. The molecule has 25 heavy (non-hydrogen) atoms. The highest BCUT2D eigenvalue weighted by Gasteiger charge is 2.28. The molecule has 0 radical (unpaired) electrons. The van der Waals surface area contributed by atoms with Crippen molar-refractivity contribution in [3.63, 3.8) is 0 Å². The molecule has 2 N–H and O–H groups in total. The highest BCUT2D eigenvalue weighted by Crippen LogP contribution is 2.34. The molecule has 2 aliphatic rings. The third-order valence-electron chi connectivity index (χ3n) is 5.24. The van der Waals surface area contributed by atoms with Crippen LogP contribution in [-0.4, -0.2) is 45.0 Å². The lowest BCUT2D eigenvalue weighted by atomic mass is 9.83. The average molecular weight is 485 g/mol. The minimum Gasteiger partial charge on any atom is -0.356 e. The summed E-state index contributed by atoms with van der Waals surface area (Å²) < 4.78 is 23.2. The van der Waals surface area contributed by atoms with Crippen LogP contribution in [0.3, 0.4) is 0 Å². The SMILES string of the molecule is CC(C)NC(=NCC1(C)CCCCCC1)NCC1CCS(=O)(=O)C1.I. The molecule has 0 spiro atoms. The number of halogens is 1. The van der Waals surface area contributed by atoms with Gasteiger partial charge < -0.3 is 10.6 Å². The summed E-state index contributed by atoms with van der Waals surface area (Å²) in [5.74, 6) is 1.69. The predicted octanol–water partition coefficient (Wildman–Crippen LogP) is 3.34. The molecule has 7 heteroatoms. The van der Waals surface area contributed by atoms with Gasteiger partial charge in [0.25, 0.3) is 0 Å². The molecule has 5 nitrogen and oxygen atoms in total. The zero-order valence-electron chi connectivity index (χ0n) is 16.0. The van der Waals surface area contributed by atoms with Crippen molar-refractivity contribution in [2.24, 2.45) is 16.3 Å². The van der Waals surface area contributed by atoms with Crippen molar-refractivity contribution in [1.82, 2.24) is 10.6 Å². The molecule has 2 fully saturated rings. The molecular formula is C18H36IN3O2S. The van der Waals surface area contributed by atoms with E-state index in [1.165, 1.54) is 38.5 Å². The van der Waals surface area contributed by atoms with Gasteiger partial charge in [-0.15, -0.1) is 24.0 Å². The van der Waals surface area contributed by atoms with Crippen LogP contribution in [0.1, 0.15) is 65.7 Å². The average Bonchev–Trinajstić information content (AvgIpc) is 2.70. The highest BCUT2D eigenvalue weighted by atomic mass is 127. The Morgan fingerprint density at radius 1 is 1.20 bits per heavy atom. The highest BCUT2D eigenvalue weighted by molar-refractivity contribution is 14.0. The lowest BCUT2D eigenvalue weighted by Crippen LogP contribution is -2.43. The molecule has 1 saturated carbocycles. The van der Waals surface area contributed by atoms with Gasteiger partial charge in [0.05, 0.1) is 11.5 Å². The number of sulfone groups is 1.